The summed E-state index contributed by atoms with van der Waals surface area (Å²) in [4.78, 5) is 31.6. The van der Waals surface area contributed by atoms with Crippen molar-refractivity contribution in [2.24, 2.45) is 5.73 Å². The molecule has 0 bridgehead atoms. The van der Waals surface area contributed by atoms with Crippen molar-refractivity contribution in [3.63, 3.8) is 0 Å². The second kappa shape index (κ2) is 14.9. The molecule has 0 spiro atoms. The molecule has 13 nitrogen and oxygen atoms in total. The number of hydrogen-bond acceptors (Lipinski definition) is 13. The van der Waals surface area contributed by atoms with E-state index in [4.69, 9.17) is 36.0 Å². The Morgan fingerprint density at radius 1 is 0.800 bits per heavy atom. The first-order chi connectivity index (χ1) is 11.8. The second-order valence-corrected chi connectivity index (χ2v) is 4.78. The molecule has 0 aromatic carbocycles. The molecule has 0 rings (SSSR count). The first kappa shape index (κ1) is 23.6. The van der Waals surface area contributed by atoms with Crippen LogP contribution in [0.3, 0.4) is 0 Å². The maximum atomic E-state index is 11.6. The van der Waals surface area contributed by atoms with Crippen LogP contribution in [0.1, 0.15) is 32.1 Å². The quantitative estimate of drug-likeness (QED) is 0.139. The highest BCUT2D eigenvalue weighted by Crippen LogP contribution is 2.00. The van der Waals surface area contributed by atoms with Crippen LogP contribution in [0.15, 0.2) is 0 Å². The molecule has 0 saturated carbocycles. The Balaban J connectivity index is 3.62. The summed E-state index contributed by atoms with van der Waals surface area (Å²) in [6.07, 6.45) is 1.35. The van der Waals surface area contributed by atoms with Crippen molar-refractivity contribution in [3.05, 3.63) is 0 Å². The van der Waals surface area contributed by atoms with Gasteiger partial charge in [0.2, 0.25) is 0 Å². The summed E-state index contributed by atoms with van der Waals surface area (Å²) in [5.41, 5.74) is 5.53. The summed E-state index contributed by atoms with van der Waals surface area (Å²) >= 11 is 0. The van der Waals surface area contributed by atoms with Crippen LogP contribution in [0, 0.1) is 0 Å². The number of unbranched alkanes of at least 4 members (excludes halogenated alkanes) is 2. The molecule has 0 aromatic heterocycles. The fraction of sp³-hybridized carbons (Fsp3) is 0.833. The third kappa shape index (κ3) is 15.8. The summed E-state index contributed by atoms with van der Waals surface area (Å²) in [6.45, 7) is 0.195. The van der Waals surface area contributed by atoms with E-state index in [0.29, 0.717) is 25.7 Å². The normalized spacial score (nSPS) is 12.4. The van der Waals surface area contributed by atoms with Gasteiger partial charge in [0.15, 0.2) is 0 Å². The van der Waals surface area contributed by atoms with Gasteiger partial charge in [-0.3, -0.25) is 40.1 Å². The van der Waals surface area contributed by atoms with E-state index in [9.17, 15) is 9.59 Å². The van der Waals surface area contributed by atoms with Crippen LogP contribution in [0.25, 0.3) is 0 Å². The molecule has 0 aliphatic carbocycles. The Morgan fingerprint density at radius 3 is 1.72 bits per heavy atom. The minimum absolute atomic E-state index is 0.0304. The zero-order valence-electron chi connectivity index (χ0n) is 13.7. The van der Waals surface area contributed by atoms with Gasteiger partial charge in [-0.1, -0.05) is 0 Å². The van der Waals surface area contributed by atoms with Crippen LogP contribution in [0.2, 0.25) is 0 Å². The average molecular weight is 371 g/mol. The Kier molecular flexibility index (Phi) is 14.0. The van der Waals surface area contributed by atoms with Gasteiger partial charge in [-0.15, -0.1) is 0 Å². The molecule has 13 heteroatoms. The minimum Gasteiger partial charge on any atom is -0.466 e. The summed E-state index contributed by atoms with van der Waals surface area (Å²) < 4.78 is 9.72. The lowest BCUT2D eigenvalue weighted by Crippen LogP contribution is -2.35. The third-order valence-corrected chi connectivity index (χ3v) is 2.69. The van der Waals surface area contributed by atoms with Gasteiger partial charge >= 0.3 is 11.9 Å². The number of rotatable bonds is 15. The van der Waals surface area contributed by atoms with E-state index in [1.807, 2.05) is 0 Å². The Morgan fingerprint density at radius 2 is 1.24 bits per heavy atom. The summed E-state index contributed by atoms with van der Waals surface area (Å²) in [7, 11) is 0. The number of ether oxygens (including phenoxy) is 2. The zero-order valence-corrected chi connectivity index (χ0v) is 13.7. The Bertz CT molecular complexity index is 369. The van der Waals surface area contributed by atoms with E-state index in [2.05, 4.69) is 9.68 Å². The van der Waals surface area contributed by atoms with Gasteiger partial charge in [0, 0.05) is 0 Å². The molecule has 0 amide bonds. The smallest absolute Gasteiger partial charge is 0.323 e. The first-order valence-corrected chi connectivity index (χ1v) is 7.52. The highest BCUT2D eigenvalue weighted by Gasteiger charge is 2.19. The lowest BCUT2D eigenvalue weighted by molar-refractivity contribution is -0.492. The van der Waals surface area contributed by atoms with E-state index >= 15 is 0 Å². The molecular weight excluding hydrogens is 346 g/mol. The zero-order chi connectivity index (χ0) is 19.1. The van der Waals surface area contributed by atoms with E-state index in [1.165, 1.54) is 0 Å². The van der Waals surface area contributed by atoms with E-state index < -0.39 is 28.8 Å². The molecular formula is C12H25N3O10. The van der Waals surface area contributed by atoms with Gasteiger partial charge in [0.1, 0.15) is 6.04 Å². The van der Waals surface area contributed by atoms with Gasteiger partial charge in [-0.2, -0.15) is 0 Å². The number of nitrogens with zero attached hydrogens (tertiary/aromatic N) is 2. The predicted molar refractivity (Wildman–Crippen MR) is 75.7 cm³/mol. The number of carbonyl (C=O) groups is 2. The fourth-order valence-corrected chi connectivity index (χ4v) is 1.49. The van der Waals surface area contributed by atoms with Crippen LogP contribution in [0.5, 0.6) is 0 Å². The van der Waals surface area contributed by atoms with Crippen LogP contribution in [0.4, 0.5) is 0 Å². The van der Waals surface area contributed by atoms with E-state index in [1.54, 1.807) is 0 Å². The predicted octanol–water partition coefficient (Wildman–Crippen LogP) is -0.625. The monoisotopic (exact) mass is 371 g/mol. The number of hydrogen-bond donors (Lipinski definition) is 5. The molecule has 25 heavy (non-hydrogen) atoms. The highest BCUT2D eigenvalue weighted by atomic mass is 17.1. The summed E-state index contributed by atoms with van der Waals surface area (Å²) in [5.74, 6) is -1.40. The molecule has 0 unspecified atom stereocenters. The van der Waals surface area contributed by atoms with Gasteiger partial charge in [-0.25, -0.2) is 0 Å². The maximum Gasteiger partial charge on any atom is 0.323 e. The number of carbonyl (C=O) groups excluding carboxylic acids is 2. The highest BCUT2D eigenvalue weighted by molar-refractivity contribution is 5.82. The SMILES string of the molecule is N[C@@H](CC(=O)OCCCCON(O)O)C(=O)OCCCCON(O)O. The van der Waals surface area contributed by atoms with Crippen LogP contribution in [-0.2, 0) is 28.7 Å². The standard InChI is InChI=1S/C12H25N3O10/c13-10(12(17)23-6-2-4-8-25-15(20)21)9-11(16)22-5-1-3-7-24-14(18)19/h10,18-21H,1-9,13H2/t10-/m0/s1. The molecule has 0 saturated heterocycles. The second-order valence-electron chi connectivity index (χ2n) is 4.78. The largest absolute Gasteiger partial charge is 0.466 e. The molecule has 148 valence electrons. The third-order valence-electron chi connectivity index (χ3n) is 2.69. The van der Waals surface area contributed by atoms with Crippen molar-refractivity contribution in [2.75, 3.05) is 26.4 Å². The summed E-state index contributed by atoms with van der Waals surface area (Å²) in [6, 6.07) is -1.14. The van der Waals surface area contributed by atoms with Crippen molar-refractivity contribution in [2.45, 2.75) is 38.1 Å². The molecule has 0 aromatic rings. The maximum absolute atomic E-state index is 11.6. The van der Waals surface area contributed by atoms with Crippen LogP contribution in [-0.4, -0.2) is 76.0 Å². The van der Waals surface area contributed by atoms with E-state index in [0.717, 1.165) is 0 Å². The van der Waals surface area contributed by atoms with Crippen molar-refractivity contribution in [3.8, 4) is 0 Å². The van der Waals surface area contributed by atoms with Crippen LogP contribution >= 0.6 is 0 Å². The molecule has 0 aliphatic rings. The van der Waals surface area contributed by atoms with Crippen molar-refractivity contribution in [1.29, 1.82) is 0 Å². The Hall–Kier alpha value is -1.42. The van der Waals surface area contributed by atoms with E-state index in [-0.39, 0.29) is 32.8 Å². The molecule has 1 atom stereocenters. The molecule has 0 aliphatic heterocycles. The van der Waals surface area contributed by atoms with Gasteiger partial charge < -0.3 is 15.2 Å². The number of esters is 2. The Labute approximate surface area is 143 Å². The van der Waals surface area contributed by atoms with Crippen molar-refractivity contribution < 1.29 is 49.6 Å². The van der Waals surface area contributed by atoms with Crippen molar-refractivity contribution >= 4 is 11.9 Å². The first-order valence-electron chi connectivity index (χ1n) is 7.52. The molecule has 0 radical (unpaired) electrons. The fourth-order valence-electron chi connectivity index (χ4n) is 1.49. The molecule has 6 N–H and O–H groups in total. The van der Waals surface area contributed by atoms with Crippen molar-refractivity contribution in [1.82, 2.24) is 10.8 Å². The topological polar surface area (TPSA) is 184 Å². The van der Waals surface area contributed by atoms with Crippen LogP contribution < -0.4 is 5.73 Å². The molecule has 0 fully saturated rings. The molecule has 0 heterocycles. The lowest BCUT2D eigenvalue weighted by atomic mass is 10.2. The van der Waals surface area contributed by atoms with Gasteiger partial charge in [-0.05, 0) is 25.7 Å². The summed E-state index contributed by atoms with van der Waals surface area (Å²) in [5, 5.41) is 32.3. The lowest BCUT2D eigenvalue weighted by Gasteiger charge is -2.12. The minimum atomic E-state index is -1.14. The van der Waals surface area contributed by atoms with Gasteiger partial charge in [0.05, 0.1) is 43.6 Å². The number of nitrogens with two attached hydrogens (primary N) is 1. The van der Waals surface area contributed by atoms with Gasteiger partial charge in [0.25, 0.3) is 0 Å². The average Bonchev–Trinajstić information content (AvgIpc) is 2.53.